The summed E-state index contributed by atoms with van der Waals surface area (Å²) in [6.07, 6.45) is 2.45. The largest absolute Gasteiger partial charge is 0.322 e. The summed E-state index contributed by atoms with van der Waals surface area (Å²) in [5, 5.41) is 11.3. The Morgan fingerprint density at radius 2 is 1.63 bits per heavy atom. The van der Waals surface area contributed by atoms with Crippen LogP contribution in [0.2, 0.25) is 0 Å². The predicted octanol–water partition coefficient (Wildman–Crippen LogP) is 4.43. The lowest BCUT2D eigenvalue weighted by molar-refractivity contribution is -0.385. The van der Waals surface area contributed by atoms with Gasteiger partial charge in [0.2, 0.25) is 0 Å². The monoisotopic (exact) mass is 408 g/mol. The maximum Gasteiger partial charge on any atom is 0.274 e. The SMILES string of the molecule is Cl.Cl.O=[N+]([O-])c1ccccc1Cn1c(CN2CCCC2)nc2ccccc21. The maximum atomic E-state index is 11.3. The summed E-state index contributed by atoms with van der Waals surface area (Å²) < 4.78 is 2.12. The number of para-hydroxylation sites is 3. The molecule has 0 spiro atoms. The van der Waals surface area contributed by atoms with Gasteiger partial charge >= 0.3 is 0 Å². The summed E-state index contributed by atoms with van der Waals surface area (Å²) in [6, 6.07) is 14.9. The number of nitro groups is 1. The van der Waals surface area contributed by atoms with Crippen LogP contribution in [0.25, 0.3) is 11.0 Å². The summed E-state index contributed by atoms with van der Waals surface area (Å²) in [5.41, 5.74) is 2.83. The van der Waals surface area contributed by atoms with Gasteiger partial charge in [0, 0.05) is 11.6 Å². The van der Waals surface area contributed by atoms with Gasteiger partial charge in [-0.3, -0.25) is 15.0 Å². The number of nitrogens with zero attached hydrogens (tertiary/aromatic N) is 4. The average molecular weight is 409 g/mol. The zero-order chi connectivity index (χ0) is 17.2. The normalized spacial score (nSPS) is 13.9. The van der Waals surface area contributed by atoms with Gasteiger partial charge < -0.3 is 4.57 Å². The molecule has 0 radical (unpaired) electrons. The lowest BCUT2D eigenvalue weighted by Crippen LogP contribution is -2.21. The smallest absolute Gasteiger partial charge is 0.274 e. The molecule has 27 heavy (non-hydrogen) atoms. The molecule has 2 aromatic carbocycles. The Balaban J connectivity index is 0.00000131. The fraction of sp³-hybridized carbons (Fsp3) is 0.316. The number of imidazole rings is 1. The minimum atomic E-state index is -0.311. The molecule has 0 unspecified atom stereocenters. The Kier molecular flexibility index (Phi) is 7.18. The van der Waals surface area contributed by atoms with Crippen molar-refractivity contribution in [1.82, 2.24) is 14.5 Å². The van der Waals surface area contributed by atoms with Crippen molar-refractivity contribution >= 4 is 41.5 Å². The van der Waals surface area contributed by atoms with Crippen LogP contribution in [0, 0.1) is 10.1 Å². The Morgan fingerprint density at radius 1 is 0.963 bits per heavy atom. The van der Waals surface area contributed by atoms with Gasteiger partial charge in [-0.05, 0) is 38.1 Å². The van der Waals surface area contributed by atoms with Crippen LogP contribution in [0.4, 0.5) is 5.69 Å². The van der Waals surface area contributed by atoms with Gasteiger partial charge in [0.25, 0.3) is 5.69 Å². The van der Waals surface area contributed by atoms with E-state index in [2.05, 4.69) is 9.47 Å². The quantitative estimate of drug-likeness (QED) is 0.462. The first-order chi connectivity index (χ1) is 12.2. The van der Waals surface area contributed by atoms with E-state index in [0.29, 0.717) is 12.1 Å². The first-order valence-corrected chi connectivity index (χ1v) is 8.61. The molecular weight excluding hydrogens is 387 g/mol. The number of aromatic nitrogens is 2. The van der Waals surface area contributed by atoms with E-state index >= 15 is 0 Å². The van der Waals surface area contributed by atoms with Crippen LogP contribution in [0.5, 0.6) is 0 Å². The number of benzene rings is 2. The van der Waals surface area contributed by atoms with E-state index in [9.17, 15) is 10.1 Å². The van der Waals surface area contributed by atoms with E-state index in [-0.39, 0.29) is 35.4 Å². The van der Waals surface area contributed by atoms with E-state index in [4.69, 9.17) is 4.98 Å². The van der Waals surface area contributed by atoms with Crippen LogP contribution in [-0.4, -0.2) is 32.5 Å². The second kappa shape index (κ2) is 9.17. The molecule has 2 heterocycles. The van der Waals surface area contributed by atoms with Crippen LogP contribution in [-0.2, 0) is 13.1 Å². The van der Waals surface area contributed by atoms with Crippen molar-refractivity contribution < 1.29 is 4.92 Å². The molecule has 1 saturated heterocycles. The van der Waals surface area contributed by atoms with E-state index in [1.54, 1.807) is 12.1 Å². The third-order valence-electron chi connectivity index (χ3n) is 4.81. The molecule has 1 fully saturated rings. The van der Waals surface area contributed by atoms with Gasteiger partial charge in [0.15, 0.2) is 0 Å². The summed E-state index contributed by atoms with van der Waals surface area (Å²) in [6.45, 7) is 3.43. The molecule has 0 aliphatic carbocycles. The second-order valence-electron chi connectivity index (χ2n) is 6.47. The fourth-order valence-electron chi connectivity index (χ4n) is 3.56. The van der Waals surface area contributed by atoms with Crippen LogP contribution in [0.15, 0.2) is 48.5 Å². The summed E-state index contributed by atoms with van der Waals surface area (Å²) in [7, 11) is 0. The van der Waals surface area contributed by atoms with Crippen molar-refractivity contribution in [3.05, 3.63) is 70.0 Å². The molecule has 0 bridgehead atoms. The van der Waals surface area contributed by atoms with Crippen molar-refractivity contribution in [2.45, 2.75) is 25.9 Å². The zero-order valence-corrected chi connectivity index (χ0v) is 16.4. The number of hydrogen-bond donors (Lipinski definition) is 0. The Labute approximate surface area is 170 Å². The minimum Gasteiger partial charge on any atom is -0.322 e. The van der Waals surface area contributed by atoms with Gasteiger partial charge in [-0.25, -0.2) is 4.98 Å². The molecular formula is C19H22Cl2N4O2. The van der Waals surface area contributed by atoms with Gasteiger partial charge in [0.1, 0.15) is 5.82 Å². The molecule has 3 aromatic rings. The van der Waals surface area contributed by atoms with Crippen LogP contribution in [0.1, 0.15) is 24.2 Å². The van der Waals surface area contributed by atoms with Gasteiger partial charge in [-0.15, -0.1) is 24.8 Å². The van der Waals surface area contributed by atoms with Crippen molar-refractivity contribution in [3.8, 4) is 0 Å². The first kappa shape index (κ1) is 21.2. The molecule has 1 aromatic heterocycles. The topological polar surface area (TPSA) is 64.2 Å². The maximum absolute atomic E-state index is 11.3. The highest BCUT2D eigenvalue weighted by Gasteiger charge is 2.19. The molecule has 8 heteroatoms. The number of nitro benzene ring substituents is 1. The molecule has 1 aliphatic heterocycles. The average Bonchev–Trinajstić information content (AvgIpc) is 3.24. The summed E-state index contributed by atoms with van der Waals surface area (Å²) in [4.78, 5) is 18.2. The summed E-state index contributed by atoms with van der Waals surface area (Å²) in [5.74, 6) is 0.973. The van der Waals surface area contributed by atoms with Crippen LogP contribution >= 0.6 is 24.8 Å². The van der Waals surface area contributed by atoms with Crippen molar-refractivity contribution in [2.24, 2.45) is 0 Å². The number of hydrogen-bond acceptors (Lipinski definition) is 4. The van der Waals surface area contributed by atoms with Crippen LogP contribution < -0.4 is 0 Å². The zero-order valence-electron chi connectivity index (χ0n) is 14.8. The Morgan fingerprint density at radius 3 is 2.37 bits per heavy atom. The number of likely N-dealkylation sites (tertiary alicyclic amines) is 1. The highest BCUT2D eigenvalue weighted by atomic mass is 35.5. The standard InChI is InChI=1S/C19H20N4O2.2ClH/c24-23(25)17-9-3-1-7-15(17)13-22-18-10-4-2-8-16(18)20-19(22)14-21-11-5-6-12-21;;/h1-4,7-10H,5-6,11-14H2;2*1H. The van der Waals surface area contributed by atoms with Crippen LogP contribution in [0.3, 0.4) is 0 Å². The van der Waals surface area contributed by atoms with Crippen molar-refractivity contribution in [3.63, 3.8) is 0 Å². The summed E-state index contributed by atoms with van der Waals surface area (Å²) >= 11 is 0. The molecule has 0 N–H and O–H groups in total. The third kappa shape index (κ3) is 4.40. The molecule has 6 nitrogen and oxygen atoms in total. The van der Waals surface area contributed by atoms with Crippen molar-refractivity contribution in [1.29, 1.82) is 0 Å². The fourth-order valence-corrected chi connectivity index (χ4v) is 3.56. The number of halogens is 2. The lowest BCUT2D eigenvalue weighted by atomic mass is 10.1. The van der Waals surface area contributed by atoms with E-state index in [1.165, 1.54) is 12.8 Å². The van der Waals surface area contributed by atoms with Gasteiger partial charge in [0.05, 0.1) is 29.0 Å². The minimum absolute atomic E-state index is 0. The highest BCUT2D eigenvalue weighted by molar-refractivity contribution is 5.85. The molecule has 1 aliphatic rings. The molecule has 4 rings (SSSR count). The number of rotatable bonds is 5. The number of fused-ring (bicyclic) bond motifs is 1. The molecule has 144 valence electrons. The Bertz CT molecular complexity index is 923. The predicted molar refractivity (Wildman–Crippen MR) is 111 cm³/mol. The molecule has 0 saturated carbocycles. The van der Waals surface area contributed by atoms with E-state index in [0.717, 1.165) is 36.5 Å². The van der Waals surface area contributed by atoms with Crippen molar-refractivity contribution in [2.75, 3.05) is 13.1 Å². The molecule has 0 amide bonds. The molecule has 0 atom stereocenters. The van der Waals surface area contributed by atoms with E-state index in [1.807, 2.05) is 36.4 Å². The van der Waals surface area contributed by atoms with Gasteiger partial charge in [-0.2, -0.15) is 0 Å². The first-order valence-electron chi connectivity index (χ1n) is 8.61. The third-order valence-corrected chi connectivity index (χ3v) is 4.81. The lowest BCUT2D eigenvalue weighted by Gasteiger charge is -2.16. The highest BCUT2D eigenvalue weighted by Crippen LogP contribution is 2.24. The van der Waals surface area contributed by atoms with E-state index < -0.39 is 0 Å². The second-order valence-corrected chi connectivity index (χ2v) is 6.47. The van der Waals surface area contributed by atoms with Gasteiger partial charge in [-0.1, -0.05) is 30.3 Å². The Hall–Kier alpha value is -2.15.